The van der Waals surface area contributed by atoms with E-state index in [1.807, 2.05) is 0 Å². The molecule has 164 valence electrons. The van der Waals surface area contributed by atoms with Gasteiger partial charge in [0.25, 0.3) is 0 Å². The van der Waals surface area contributed by atoms with Gasteiger partial charge >= 0.3 is 6.18 Å². The zero-order valence-electron chi connectivity index (χ0n) is 15.6. The second kappa shape index (κ2) is 7.71. The molecule has 30 heavy (non-hydrogen) atoms. The monoisotopic (exact) mass is 465 g/mol. The molecular formula is C17H18F3N3O5S2. The molecule has 8 nitrogen and oxygen atoms in total. The van der Waals surface area contributed by atoms with Crippen molar-refractivity contribution in [3.8, 4) is 5.75 Å². The van der Waals surface area contributed by atoms with E-state index in [4.69, 9.17) is 0 Å². The minimum absolute atomic E-state index is 0.0542. The Labute approximate surface area is 174 Å². The van der Waals surface area contributed by atoms with E-state index < -0.39 is 44.9 Å². The summed E-state index contributed by atoms with van der Waals surface area (Å²) in [6.07, 6.45) is -6.17. The summed E-state index contributed by atoms with van der Waals surface area (Å²) in [4.78, 5) is 16.0. The van der Waals surface area contributed by atoms with E-state index in [9.17, 15) is 36.6 Å². The van der Waals surface area contributed by atoms with Crippen LogP contribution in [0.15, 0.2) is 23.6 Å². The number of hydrogen-bond donors (Lipinski definition) is 3. The Morgan fingerprint density at radius 3 is 2.60 bits per heavy atom. The van der Waals surface area contributed by atoms with E-state index in [1.165, 1.54) is 18.4 Å². The number of aryl methyl sites for hydroxylation is 1. The molecule has 13 heteroatoms. The molecule has 1 aromatic heterocycles. The molecule has 2 heterocycles. The lowest BCUT2D eigenvalue weighted by Crippen LogP contribution is -2.45. The van der Waals surface area contributed by atoms with Crippen LogP contribution in [0.2, 0.25) is 0 Å². The van der Waals surface area contributed by atoms with Crippen molar-refractivity contribution in [1.29, 1.82) is 0 Å². The summed E-state index contributed by atoms with van der Waals surface area (Å²) < 4.78 is 65.8. The van der Waals surface area contributed by atoms with Gasteiger partial charge in [0.2, 0.25) is 21.5 Å². The van der Waals surface area contributed by atoms with Crippen LogP contribution in [0, 0.1) is 6.92 Å². The molecule has 0 saturated carbocycles. The van der Waals surface area contributed by atoms with Gasteiger partial charge in [-0.3, -0.25) is 9.10 Å². The lowest BCUT2D eigenvalue weighted by Gasteiger charge is -2.28. The first kappa shape index (κ1) is 22.3. The average Bonchev–Trinajstić information content (AvgIpc) is 3.21. The highest BCUT2D eigenvalue weighted by Crippen LogP contribution is 2.43. The van der Waals surface area contributed by atoms with Crippen LogP contribution in [0.25, 0.3) is 0 Å². The molecule has 2 aromatic rings. The van der Waals surface area contributed by atoms with E-state index in [2.05, 4.69) is 10.3 Å². The Balaban J connectivity index is 1.85. The molecule has 0 aliphatic carbocycles. The quantitative estimate of drug-likeness (QED) is 0.584. The molecule has 3 rings (SSSR count). The van der Waals surface area contributed by atoms with E-state index in [1.54, 1.807) is 0 Å². The maximum atomic E-state index is 13.5. The highest BCUT2D eigenvalue weighted by atomic mass is 32.2. The number of nitrogens with one attached hydrogen (secondary N) is 1. The van der Waals surface area contributed by atoms with E-state index in [0.717, 1.165) is 16.4 Å². The van der Waals surface area contributed by atoms with Crippen molar-refractivity contribution in [2.45, 2.75) is 31.5 Å². The number of halogens is 3. The number of carbonyl (C=O) groups excluding carboxylic acids is 1. The van der Waals surface area contributed by atoms with E-state index in [0.29, 0.717) is 17.8 Å². The first-order chi connectivity index (χ1) is 13.8. The van der Waals surface area contributed by atoms with Gasteiger partial charge in [-0.25, -0.2) is 13.4 Å². The largest absolute Gasteiger partial charge is 0.506 e. The second-order valence-electron chi connectivity index (χ2n) is 6.82. The summed E-state index contributed by atoms with van der Waals surface area (Å²) in [6.45, 7) is 1.66. The first-order valence-corrected chi connectivity index (χ1v) is 11.2. The number of alkyl halides is 3. The summed E-state index contributed by atoms with van der Waals surface area (Å²) in [5.41, 5.74) is -3.38. The van der Waals surface area contributed by atoms with Crippen molar-refractivity contribution in [3.05, 3.63) is 34.3 Å². The van der Waals surface area contributed by atoms with Gasteiger partial charge in [0.1, 0.15) is 10.8 Å². The van der Waals surface area contributed by atoms with Gasteiger partial charge in [0, 0.05) is 17.6 Å². The maximum absolute atomic E-state index is 13.5. The standard InChI is InChI=1S/C17H18F3N3O5S2/c1-10-9-29-15(21-10)16(26,17(18,19)20)8-14(25)22-12-7-11(3-4-13(12)24)23-5-2-6-30(23,27)28/h3-4,7,9,24,26H,2,5-6,8H2,1H3,(H,22,25). The van der Waals surface area contributed by atoms with Crippen LogP contribution in [-0.2, 0) is 20.4 Å². The third-order valence-corrected chi connectivity index (χ3v) is 7.48. The van der Waals surface area contributed by atoms with Crippen LogP contribution in [0.4, 0.5) is 24.5 Å². The number of nitrogens with zero attached hydrogens (tertiary/aromatic N) is 2. The Kier molecular flexibility index (Phi) is 5.73. The van der Waals surface area contributed by atoms with Crippen LogP contribution < -0.4 is 9.62 Å². The molecule has 1 aliphatic heterocycles. The summed E-state index contributed by atoms with van der Waals surface area (Å²) >= 11 is 0.570. The lowest BCUT2D eigenvalue weighted by molar-refractivity contribution is -0.266. The highest BCUT2D eigenvalue weighted by Gasteiger charge is 2.58. The summed E-state index contributed by atoms with van der Waals surface area (Å²) in [6, 6.07) is 3.59. The number of hydrogen-bond acceptors (Lipinski definition) is 7. The molecule has 0 bridgehead atoms. The molecule has 1 aromatic carbocycles. The van der Waals surface area contributed by atoms with Crippen LogP contribution in [0.3, 0.4) is 0 Å². The minimum Gasteiger partial charge on any atom is -0.506 e. The molecule has 1 unspecified atom stereocenters. The molecule has 1 aliphatic rings. The SMILES string of the molecule is Cc1csc(C(O)(CC(=O)Nc2cc(N3CCCS3(=O)=O)ccc2O)C(F)(F)F)n1. The first-order valence-electron chi connectivity index (χ1n) is 8.68. The third kappa shape index (κ3) is 4.23. The van der Waals surface area contributed by atoms with Crippen molar-refractivity contribution in [2.75, 3.05) is 21.9 Å². The second-order valence-corrected chi connectivity index (χ2v) is 9.69. The van der Waals surface area contributed by atoms with Crippen LogP contribution in [-0.4, -0.2) is 48.0 Å². The van der Waals surface area contributed by atoms with Gasteiger partial charge < -0.3 is 15.5 Å². The molecule has 1 saturated heterocycles. The fraction of sp³-hybridized carbons (Fsp3) is 0.412. The van der Waals surface area contributed by atoms with Crippen molar-refractivity contribution < 1.29 is 36.6 Å². The lowest BCUT2D eigenvalue weighted by atomic mass is 9.99. The van der Waals surface area contributed by atoms with Crippen molar-refractivity contribution >= 4 is 38.6 Å². The number of sulfonamides is 1. The fourth-order valence-electron chi connectivity index (χ4n) is 2.98. The number of rotatable bonds is 5. The summed E-state index contributed by atoms with van der Waals surface area (Å²) in [5.74, 6) is -1.76. The normalized spacial score (nSPS) is 18.2. The van der Waals surface area contributed by atoms with Crippen molar-refractivity contribution in [2.24, 2.45) is 0 Å². The topological polar surface area (TPSA) is 120 Å². The predicted molar refractivity (Wildman–Crippen MR) is 104 cm³/mol. The molecule has 1 atom stereocenters. The molecule has 3 N–H and O–H groups in total. The molecule has 0 spiro atoms. The Bertz CT molecular complexity index is 1070. The number of benzene rings is 1. The zero-order chi connectivity index (χ0) is 22.3. The Hall–Kier alpha value is -2.38. The van der Waals surface area contributed by atoms with Crippen molar-refractivity contribution in [3.63, 3.8) is 0 Å². The van der Waals surface area contributed by atoms with Gasteiger partial charge in [-0.05, 0) is 31.5 Å². The maximum Gasteiger partial charge on any atom is 0.424 e. The summed E-state index contributed by atoms with van der Waals surface area (Å²) in [7, 11) is -3.54. The Morgan fingerprint density at radius 2 is 2.07 bits per heavy atom. The molecule has 0 radical (unpaired) electrons. The summed E-state index contributed by atoms with van der Waals surface area (Å²) in [5, 5.41) is 23.0. The Morgan fingerprint density at radius 1 is 1.37 bits per heavy atom. The van der Waals surface area contributed by atoms with E-state index >= 15 is 0 Å². The molecular weight excluding hydrogens is 447 g/mol. The number of phenols is 1. The van der Waals surface area contributed by atoms with Gasteiger partial charge in [-0.1, -0.05) is 0 Å². The van der Waals surface area contributed by atoms with Gasteiger partial charge in [0.15, 0.2) is 0 Å². The third-order valence-electron chi connectivity index (χ3n) is 4.50. The molecule has 1 amide bonds. The number of phenolic OH excluding ortho intramolecular Hbond substituents is 1. The number of aromatic hydroxyl groups is 1. The predicted octanol–water partition coefficient (Wildman–Crippen LogP) is 2.48. The fourth-order valence-corrected chi connectivity index (χ4v) is 5.45. The number of aliphatic hydroxyl groups is 1. The number of amides is 1. The van der Waals surface area contributed by atoms with Gasteiger partial charge in [-0.15, -0.1) is 11.3 Å². The van der Waals surface area contributed by atoms with Crippen LogP contribution in [0.1, 0.15) is 23.5 Å². The number of aromatic nitrogens is 1. The van der Waals surface area contributed by atoms with Crippen LogP contribution in [0.5, 0.6) is 5.75 Å². The minimum atomic E-state index is -5.18. The number of thiazole rings is 1. The number of carbonyl (C=O) groups is 1. The smallest absolute Gasteiger partial charge is 0.424 e. The highest BCUT2D eigenvalue weighted by molar-refractivity contribution is 7.93. The van der Waals surface area contributed by atoms with Gasteiger partial charge in [-0.2, -0.15) is 13.2 Å². The van der Waals surface area contributed by atoms with Crippen LogP contribution >= 0.6 is 11.3 Å². The van der Waals surface area contributed by atoms with Crippen molar-refractivity contribution in [1.82, 2.24) is 4.98 Å². The number of anilines is 2. The zero-order valence-corrected chi connectivity index (χ0v) is 17.2. The van der Waals surface area contributed by atoms with Gasteiger partial charge in [0.05, 0.1) is 23.5 Å². The van der Waals surface area contributed by atoms with E-state index in [-0.39, 0.29) is 29.4 Å². The average molecular weight is 465 g/mol. The molecule has 1 fully saturated rings.